The van der Waals surface area contributed by atoms with Gasteiger partial charge >= 0.3 is 0 Å². The van der Waals surface area contributed by atoms with Gasteiger partial charge in [-0.3, -0.25) is 9.69 Å². The van der Waals surface area contributed by atoms with Crippen molar-refractivity contribution in [2.24, 2.45) is 5.73 Å². The van der Waals surface area contributed by atoms with E-state index in [4.69, 9.17) is 22.1 Å². The second-order valence-electron chi connectivity index (χ2n) is 8.68. The number of fused-ring (bicyclic) bond motifs is 3. The number of ether oxygens (including phenoxy) is 1. The van der Waals surface area contributed by atoms with E-state index in [1.54, 1.807) is 0 Å². The highest BCUT2D eigenvalue weighted by molar-refractivity contribution is 6.31. The molecule has 3 aromatic carbocycles. The molecule has 0 aliphatic heterocycles. The molecule has 1 amide bonds. The van der Waals surface area contributed by atoms with E-state index in [-0.39, 0.29) is 11.9 Å². The number of likely N-dealkylation sites (N-methyl/N-ethyl adjacent to an activating group) is 1. The molecule has 0 spiro atoms. The zero-order valence-electron chi connectivity index (χ0n) is 20.1. The highest BCUT2D eigenvalue weighted by atomic mass is 35.5. The number of para-hydroxylation sites is 2. The summed E-state index contributed by atoms with van der Waals surface area (Å²) < 4.78 is 8.30. The Morgan fingerprint density at radius 2 is 1.63 bits per heavy atom. The van der Waals surface area contributed by atoms with Crippen LogP contribution in [0.25, 0.3) is 21.8 Å². The summed E-state index contributed by atoms with van der Waals surface area (Å²) in [6.45, 7) is 3.36. The molecule has 0 fully saturated rings. The van der Waals surface area contributed by atoms with Gasteiger partial charge in [0.25, 0.3) is 0 Å². The Kier molecular flexibility index (Phi) is 8.77. The van der Waals surface area contributed by atoms with Crippen molar-refractivity contribution in [2.75, 3.05) is 33.4 Å². The Morgan fingerprint density at radius 1 is 1.00 bits per heavy atom. The molecule has 1 atom stereocenters. The number of benzene rings is 3. The van der Waals surface area contributed by atoms with Crippen molar-refractivity contribution >= 4 is 39.3 Å². The molecular formula is C28H33ClN4O2. The Bertz CT molecular complexity index is 1220. The van der Waals surface area contributed by atoms with Crippen molar-refractivity contribution in [1.29, 1.82) is 0 Å². The van der Waals surface area contributed by atoms with Crippen LogP contribution < -0.4 is 11.1 Å². The maximum atomic E-state index is 12.9. The fraction of sp³-hybridized carbons (Fsp3) is 0.321. The van der Waals surface area contributed by atoms with Crippen molar-refractivity contribution < 1.29 is 9.53 Å². The second kappa shape index (κ2) is 12.2. The third kappa shape index (κ3) is 6.03. The highest BCUT2D eigenvalue weighted by Gasteiger charge is 2.22. The van der Waals surface area contributed by atoms with Crippen LogP contribution in [0.5, 0.6) is 0 Å². The lowest BCUT2D eigenvalue weighted by atomic mass is 10.1. The van der Waals surface area contributed by atoms with Gasteiger partial charge < -0.3 is 20.4 Å². The molecule has 6 nitrogen and oxygen atoms in total. The zero-order chi connectivity index (χ0) is 24.6. The minimum atomic E-state index is -0.316. The molecule has 7 heteroatoms. The fourth-order valence-corrected chi connectivity index (χ4v) is 4.72. The summed E-state index contributed by atoms with van der Waals surface area (Å²) >= 11 is 6.21. The van der Waals surface area contributed by atoms with Crippen LogP contribution in [0.2, 0.25) is 5.02 Å². The highest BCUT2D eigenvalue weighted by Crippen LogP contribution is 2.28. The fourth-order valence-electron chi connectivity index (χ4n) is 4.52. The van der Waals surface area contributed by atoms with E-state index in [1.165, 1.54) is 21.8 Å². The Hall–Kier alpha value is -2.90. The molecule has 1 unspecified atom stereocenters. The van der Waals surface area contributed by atoms with Gasteiger partial charge in [0.05, 0.1) is 19.3 Å². The Labute approximate surface area is 211 Å². The smallest absolute Gasteiger partial charge is 0.237 e. The number of hydrogen-bond acceptors (Lipinski definition) is 4. The molecule has 184 valence electrons. The van der Waals surface area contributed by atoms with Crippen LogP contribution in [0.4, 0.5) is 0 Å². The number of amides is 1. The van der Waals surface area contributed by atoms with Crippen molar-refractivity contribution in [3.05, 3.63) is 83.4 Å². The summed E-state index contributed by atoms with van der Waals surface area (Å²) in [6, 6.07) is 24.1. The molecule has 1 heterocycles. The predicted molar refractivity (Wildman–Crippen MR) is 144 cm³/mol. The van der Waals surface area contributed by atoms with Crippen LogP contribution in [0, 0.1) is 0 Å². The van der Waals surface area contributed by atoms with Crippen molar-refractivity contribution in [3.63, 3.8) is 0 Å². The lowest BCUT2D eigenvalue weighted by molar-refractivity contribution is -0.126. The van der Waals surface area contributed by atoms with E-state index in [9.17, 15) is 4.79 Å². The first-order chi connectivity index (χ1) is 17.1. The number of carbonyl (C=O) groups is 1. The molecule has 0 aliphatic rings. The molecule has 35 heavy (non-hydrogen) atoms. The number of aromatic nitrogens is 1. The number of nitrogens with zero attached hydrogens (tertiary/aromatic N) is 2. The first-order valence-corrected chi connectivity index (χ1v) is 12.4. The number of nitrogens with one attached hydrogen (secondary N) is 1. The van der Waals surface area contributed by atoms with Gasteiger partial charge in [-0.15, -0.1) is 0 Å². The monoisotopic (exact) mass is 492 g/mol. The second-order valence-corrected chi connectivity index (χ2v) is 9.09. The van der Waals surface area contributed by atoms with E-state index >= 15 is 0 Å². The third-order valence-electron chi connectivity index (χ3n) is 6.41. The van der Waals surface area contributed by atoms with E-state index in [0.29, 0.717) is 44.3 Å². The summed E-state index contributed by atoms with van der Waals surface area (Å²) in [6.07, 6.45) is 0.576. The molecule has 0 radical (unpaired) electrons. The summed E-state index contributed by atoms with van der Waals surface area (Å²) in [5.41, 5.74) is 9.12. The van der Waals surface area contributed by atoms with Gasteiger partial charge in [0, 0.05) is 46.5 Å². The van der Waals surface area contributed by atoms with E-state index in [0.717, 1.165) is 12.1 Å². The molecule has 0 aliphatic carbocycles. The van der Waals surface area contributed by atoms with E-state index in [2.05, 4.69) is 58.4 Å². The van der Waals surface area contributed by atoms with Gasteiger partial charge in [-0.05, 0) is 43.8 Å². The third-order valence-corrected chi connectivity index (χ3v) is 6.78. The maximum Gasteiger partial charge on any atom is 0.237 e. The first-order valence-electron chi connectivity index (χ1n) is 12.0. The van der Waals surface area contributed by atoms with Crippen molar-refractivity contribution in [1.82, 2.24) is 14.8 Å². The molecule has 0 saturated carbocycles. The average Bonchev–Trinajstić information content (AvgIpc) is 3.20. The van der Waals surface area contributed by atoms with Crippen LogP contribution in [-0.2, 0) is 22.6 Å². The molecular weight excluding hydrogens is 460 g/mol. The van der Waals surface area contributed by atoms with Crippen LogP contribution in [0.15, 0.2) is 72.8 Å². The Balaban J connectivity index is 1.28. The lowest BCUT2D eigenvalue weighted by Crippen LogP contribution is -2.47. The van der Waals surface area contributed by atoms with E-state index < -0.39 is 0 Å². The topological polar surface area (TPSA) is 72.5 Å². The van der Waals surface area contributed by atoms with Gasteiger partial charge in [0.1, 0.15) is 0 Å². The normalized spacial score (nSPS) is 12.5. The lowest BCUT2D eigenvalue weighted by Gasteiger charge is -2.27. The molecule has 3 N–H and O–H groups in total. The molecule has 4 rings (SSSR count). The first kappa shape index (κ1) is 25.2. The Morgan fingerprint density at radius 3 is 2.29 bits per heavy atom. The number of hydrogen-bond donors (Lipinski definition) is 2. The summed E-state index contributed by atoms with van der Waals surface area (Å²) in [5.74, 6) is -0.0526. The van der Waals surface area contributed by atoms with Gasteiger partial charge in [0.2, 0.25) is 5.91 Å². The number of carbonyl (C=O) groups excluding carboxylic acids is 1. The van der Waals surface area contributed by atoms with Gasteiger partial charge in [0.15, 0.2) is 0 Å². The molecule has 4 aromatic rings. The van der Waals surface area contributed by atoms with Crippen molar-refractivity contribution in [2.45, 2.75) is 25.6 Å². The maximum absolute atomic E-state index is 12.9. The van der Waals surface area contributed by atoms with Crippen LogP contribution >= 0.6 is 11.6 Å². The largest absolute Gasteiger partial charge is 0.378 e. The molecule has 1 aromatic heterocycles. The molecule has 0 bridgehead atoms. The number of nitrogens with two attached hydrogens (primary N) is 1. The van der Waals surface area contributed by atoms with Gasteiger partial charge in [-0.1, -0.05) is 66.2 Å². The van der Waals surface area contributed by atoms with Crippen LogP contribution in [-0.4, -0.2) is 54.8 Å². The predicted octanol–water partition coefficient (Wildman–Crippen LogP) is 4.43. The SMILES string of the molecule is CN(CCOCCn1c2ccccc2c2ccccc21)C(CCN)C(=O)NCc1ccccc1Cl. The average molecular weight is 493 g/mol. The minimum Gasteiger partial charge on any atom is -0.378 e. The van der Waals surface area contributed by atoms with Gasteiger partial charge in [-0.25, -0.2) is 0 Å². The number of rotatable bonds is 12. The zero-order valence-corrected chi connectivity index (χ0v) is 20.9. The van der Waals surface area contributed by atoms with E-state index in [1.807, 2.05) is 36.2 Å². The quantitative estimate of drug-likeness (QED) is 0.287. The van der Waals surface area contributed by atoms with Crippen LogP contribution in [0.1, 0.15) is 12.0 Å². The summed E-state index contributed by atoms with van der Waals surface area (Å²) in [7, 11) is 1.94. The van der Waals surface area contributed by atoms with Crippen molar-refractivity contribution in [3.8, 4) is 0 Å². The summed E-state index contributed by atoms with van der Waals surface area (Å²) in [4.78, 5) is 14.9. The van der Waals surface area contributed by atoms with Crippen LogP contribution in [0.3, 0.4) is 0 Å². The van der Waals surface area contributed by atoms with Gasteiger partial charge in [-0.2, -0.15) is 0 Å². The summed E-state index contributed by atoms with van der Waals surface area (Å²) in [5, 5.41) is 6.16. The standard InChI is InChI=1S/C28H33ClN4O2/c1-32(27(14-15-30)28(34)31-20-21-8-2-5-11-24(21)29)16-18-35-19-17-33-25-12-6-3-9-22(25)23-10-4-7-13-26(23)33/h2-13,27H,14-20,30H2,1H3,(H,31,34). The minimum absolute atomic E-state index is 0.0526. The number of halogens is 1. The molecule has 0 saturated heterocycles.